The highest BCUT2D eigenvalue weighted by molar-refractivity contribution is 7.10. The molecule has 4 heteroatoms. The Morgan fingerprint density at radius 2 is 1.89 bits per heavy atom. The molecule has 1 N–H and O–H groups in total. The quantitative estimate of drug-likeness (QED) is 0.924. The molecule has 19 heavy (non-hydrogen) atoms. The van der Waals surface area contributed by atoms with Crippen molar-refractivity contribution in [1.82, 2.24) is 10.3 Å². The molecule has 0 amide bonds. The van der Waals surface area contributed by atoms with Crippen LogP contribution in [0.25, 0.3) is 11.3 Å². The van der Waals surface area contributed by atoms with Gasteiger partial charge in [-0.15, -0.1) is 11.3 Å². The van der Waals surface area contributed by atoms with Crippen LogP contribution in [0.15, 0.2) is 17.5 Å². The zero-order valence-corrected chi connectivity index (χ0v) is 12.9. The van der Waals surface area contributed by atoms with Crippen LogP contribution in [-0.2, 0) is 0 Å². The van der Waals surface area contributed by atoms with Crippen molar-refractivity contribution in [1.29, 1.82) is 0 Å². The maximum absolute atomic E-state index is 5.40. The van der Waals surface area contributed by atoms with Gasteiger partial charge >= 0.3 is 0 Å². The Bertz CT molecular complexity index is 554. The molecule has 1 unspecified atom stereocenters. The highest BCUT2D eigenvalue weighted by Gasteiger charge is 2.12. The Balaban J connectivity index is 2.39. The third kappa shape index (κ3) is 2.80. The van der Waals surface area contributed by atoms with Gasteiger partial charge in [-0.1, -0.05) is 0 Å². The minimum absolute atomic E-state index is 0.291. The summed E-state index contributed by atoms with van der Waals surface area (Å²) in [6.07, 6.45) is 0. The summed E-state index contributed by atoms with van der Waals surface area (Å²) in [5, 5.41) is 6.44. The van der Waals surface area contributed by atoms with E-state index in [-0.39, 0.29) is 0 Å². The first-order valence-electron chi connectivity index (χ1n) is 6.35. The van der Waals surface area contributed by atoms with Gasteiger partial charge < -0.3 is 10.1 Å². The number of methoxy groups -OCH3 is 1. The van der Waals surface area contributed by atoms with Crippen molar-refractivity contribution in [3.05, 3.63) is 33.6 Å². The van der Waals surface area contributed by atoms with Gasteiger partial charge in [0, 0.05) is 10.9 Å². The molecule has 0 saturated heterocycles. The Kier molecular flexibility index (Phi) is 4.22. The molecule has 1 heterocycles. The third-order valence-corrected chi connectivity index (χ3v) is 4.31. The minimum atomic E-state index is 0.291. The van der Waals surface area contributed by atoms with Gasteiger partial charge in [-0.3, -0.25) is 0 Å². The first kappa shape index (κ1) is 14.0. The summed E-state index contributed by atoms with van der Waals surface area (Å²) in [4.78, 5) is 4.70. The summed E-state index contributed by atoms with van der Waals surface area (Å²) in [5.41, 5.74) is 4.49. The lowest BCUT2D eigenvalue weighted by Crippen LogP contribution is -2.11. The number of hydrogen-bond acceptors (Lipinski definition) is 4. The van der Waals surface area contributed by atoms with Gasteiger partial charge in [0.25, 0.3) is 0 Å². The van der Waals surface area contributed by atoms with Crippen LogP contribution in [0.1, 0.15) is 29.1 Å². The number of nitrogens with one attached hydrogen (secondary N) is 1. The van der Waals surface area contributed by atoms with E-state index in [0.717, 1.165) is 33.1 Å². The largest absolute Gasteiger partial charge is 0.496 e. The maximum atomic E-state index is 5.40. The average Bonchev–Trinajstić information content (AvgIpc) is 2.87. The highest BCUT2D eigenvalue weighted by atomic mass is 32.1. The van der Waals surface area contributed by atoms with E-state index in [1.165, 1.54) is 0 Å². The van der Waals surface area contributed by atoms with Crippen LogP contribution in [0.3, 0.4) is 0 Å². The molecule has 2 rings (SSSR count). The van der Waals surface area contributed by atoms with Crippen molar-refractivity contribution in [2.24, 2.45) is 0 Å². The lowest BCUT2D eigenvalue weighted by atomic mass is 10.0. The summed E-state index contributed by atoms with van der Waals surface area (Å²) in [6, 6.07) is 4.56. The molecule has 0 aliphatic rings. The van der Waals surface area contributed by atoms with Crippen molar-refractivity contribution in [3.8, 4) is 17.0 Å². The first-order valence-corrected chi connectivity index (χ1v) is 7.23. The maximum Gasteiger partial charge on any atom is 0.124 e. The van der Waals surface area contributed by atoms with Gasteiger partial charge in [0.05, 0.1) is 18.8 Å². The number of aromatic nitrogens is 1. The Labute approximate surface area is 118 Å². The van der Waals surface area contributed by atoms with E-state index < -0.39 is 0 Å². The number of hydrogen-bond donors (Lipinski definition) is 1. The van der Waals surface area contributed by atoms with Crippen LogP contribution < -0.4 is 10.1 Å². The zero-order valence-electron chi connectivity index (χ0n) is 12.1. The molecule has 0 radical (unpaired) electrons. The summed E-state index contributed by atoms with van der Waals surface area (Å²) in [7, 11) is 3.66. The van der Waals surface area contributed by atoms with E-state index in [0.29, 0.717) is 6.04 Å². The van der Waals surface area contributed by atoms with Crippen LogP contribution in [-0.4, -0.2) is 19.1 Å². The molecule has 102 valence electrons. The molecule has 0 spiro atoms. The molecule has 0 saturated carbocycles. The Morgan fingerprint density at radius 3 is 2.42 bits per heavy atom. The number of ether oxygens (including phenoxy) is 1. The van der Waals surface area contributed by atoms with E-state index in [4.69, 9.17) is 9.72 Å². The van der Waals surface area contributed by atoms with Crippen LogP contribution in [0.4, 0.5) is 0 Å². The molecule has 0 aliphatic carbocycles. The van der Waals surface area contributed by atoms with Gasteiger partial charge in [0.2, 0.25) is 0 Å². The number of aryl methyl sites for hydroxylation is 2. The standard InChI is InChI=1S/C15H20N2OS/c1-9-6-12(7-10(2)14(9)18-5)13-8-19-15(17-13)11(3)16-4/h6-8,11,16H,1-5H3. The topological polar surface area (TPSA) is 34.2 Å². The summed E-state index contributed by atoms with van der Waals surface area (Å²) in [6.45, 7) is 6.25. The van der Waals surface area contributed by atoms with E-state index >= 15 is 0 Å². The van der Waals surface area contributed by atoms with Crippen molar-refractivity contribution in [2.45, 2.75) is 26.8 Å². The second-order valence-corrected chi connectivity index (χ2v) is 5.61. The van der Waals surface area contributed by atoms with E-state index in [2.05, 4.69) is 43.6 Å². The van der Waals surface area contributed by atoms with Crippen LogP contribution >= 0.6 is 11.3 Å². The summed E-state index contributed by atoms with van der Waals surface area (Å²) >= 11 is 1.69. The van der Waals surface area contributed by atoms with Crippen LogP contribution in [0, 0.1) is 13.8 Å². The SMILES string of the molecule is CNC(C)c1nc(-c2cc(C)c(OC)c(C)c2)cs1. The van der Waals surface area contributed by atoms with Gasteiger partial charge in [0.1, 0.15) is 10.8 Å². The molecular weight excluding hydrogens is 256 g/mol. The average molecular weight is 276 g/mol. The van der Waals surface area contributed by atoms with Gasteiger partial charge in [0.15, 0.2) is 0 Å². The fourth-order valence-electron chi connectivity index (χ4n) is 2.16. The lowest BCUT2D eigenvalue weighted by molar-refractivity contribution is 0.408. The van der Waals surface area contributed by atoms with Crippen molar-refractivity contribution in [2.75, 3.05) is 14.2 Å². The van der Waals surface area contributed by atoms with E-state index in [1.54, 1.807) is 18.4 Å². The van der Waals surface area contributed by atoms with Crippen LogP contribution in [0.2, 0.25) is 0 Å². The fourth-order valence-corrected chi connectivity index (χ4v) is 3.06. The van der Waals surface area contributed by atoms with Crippen molar-refractivity contribution >= 4 is 11.3 Å². The van der Waals surface area contributed by atoms with Gasteiger partial charge in [-0.2, -0.15) is 0 Å². The third-order valence-electron chi connectivity index (χ3n) is 3.29. The predicted octanol–water partition coefficient (Wildman–Crippen LogP) is 3.72. The van der Waals surface area contributed by atoms with Crippen molar-refractivity contribution < 1.29 is 4.74 Å². The molecule has 3 nitrogen and oxygen atoms in total. The molecule has 0 bridgehead atoms. The first-order chi connectivity index (χ1) is 9.06. The monoisotopic (exact) mass is 276 g/mol. The smallest absolute Gasteiger partial charge is 0.124 e. The normalized spacial score (nSPS) is 12.5. The Hall–Kier alpha value is -1.39. The second kappa shape index (κ2) is 5.72. The van der Waals surface area contributed by atoms with E-state index in [1.807, 2.05) is 7.05 Å². The number of rotatable bonds is 4. The minimum Gasteiger partial charge on any atom is -0.496 e. The molecular formula is C15H20N2OS. The number of thiazole rings is 1. The molecule has 0 fully saturated rings. The Morgan fingerprint density at radius 1 is 1.26 bits per heavy atom. The van der Waals surface area contributed by atoms with Gasteiger partial charge in [-0.05, 0) is 51.1 Å². The predicted molar refractivity (Wildman–Crippen MR) is 81.1 cm³/mol. The summed E-state index contributed by atoms with van der Waals surface area (Å²) < 4.78 is 5.40. The molecule has 1 aromatic carbocycles. The van der Waals surface area contributed by atoms with E-state index in [9.17, 15) is 0 Å². The zero-order chi connectivity index (χ0) is 14.0. The highest BCUT2D eigenvalue weighted by Crippen LogP contribution is 2.31. The molecule has 0 aliphatic heterocycles. The molecule has 1 aromatic heterocycles. The number of benzene rings is 1. The lowest BCUT2D eigenvalue weighted by Gasteiger charge is -2.10. The van der Waals surface area contributed by atoms with Crippen LogP contribution in [0.5, 0.6) is 5.75 Å². The van der Waals surface area contributed by atoms with Gasteiger partial charge in [-0.25, -0.2) is 4.98 Å². The molecule has 1 atom stereocenters. The second-order valence-electron chi connectivity index (χ2n) is 4.72. The molecule has 2 aromatic rings. The summed E-state index contributed by atoms with van der Waals surface area (Å²) in [5.74, 6) is 0.961. The number of nitrogens with zero attached hydrogens (tertiary/aromatic N) is 1. The fraction of sp³-hybridized carbons (Fsp3) is 0.400. The van der Waals surface area contributed by atoms with Crippen molar-refractivity contribution in [3.63, 3.8) is 0 Å².